The molecular formula is C12H21N. The predicted octanol–water partition coefficient (Wildman–Crippen LogP) is 2.90. The van der Waals surface area contributed by atoms with Crippen LogP contribution in [0.1, 0.15) is 33.6 Å². The molecule has 1 aliphatic rings. The van der Waals surface area contributed by atoms with Crippen LogP contribution in [0.2, 0.25) is 0 Å². The SMILES string of the molecule is C=C(C)C/C=C1/CCNCC1(C)C. The number of hydrogen-bond acceptors (Lipinski definition) is 1. The Labute approximate surface area is 81.9 Å². The van der Waals surface area contributed by atoms with Gasteiger partial charge in [0.1, 0.15) is 0 Å². The third kappa shape index (κ3) is 3.00. The van der Waals surface area contributed by atoms with E-state index in [0.717, 1.165) is 19.5 Å². The molecular weight excluding hydrogens is 158 g/mol. The van der Waals surface area contributed by atoms with Crippen LogP contribution in [-0.4, -0.2) is 13.1 Å². The van der Waals surface area contributed by atoms with E-state index in [4.69, 9.17) is 0 Å². The highest BCUT2D eigenvalue weighted by Crippen LogP contribution is 2.31. The summed E-state index contributed by atoms with van der Waals surface area (Å²) in [5.74, 6) is 0. The standard InChI is InChI=1S/C12H21N/c1-10(2)5-6-11-7-8-13-9-12(11,3)4/h6,13H,1,5,7-9H2,2-4H3/b11-6-. The zero-order valence-electron chi connectivity index (χ0n) is 9.11. The van der Waals surface area contributed by atoms with E-state index in [1.54, 1.807) is 5.57 Å². The number of rotatable bonds is 2. The molecule has 0 bridgehead atoms. The summed E-state index contributed by atoms with van der Waals surface area (Å²) in [6, 6.07) is 0. The van der Waals surface area contributed by atoms with Gasteiger partial charge in [0.05, 0.1) is 0 Å². The Bertz CT molecular complexity index is 223. The predicted molar refractivity (Wildman–Crippen MR) is 58.8 cm³/mol. The van der Waals surface area contributed by atoms with Gasteiger partial charge in [0.15, 0.2) is 0 Å². The van der Waals surface area contributed by atoms with Gasteiger partial charge in [-0.3, -0.25) is 0 Å². The average molecular weight is 179 g/mol. The summed E-state index contributed by atoms with van der Waals surface area (Å²) >= 11 is 0. The second kappa shape index (κ2) is 4.10. The highest BCUT2D eigenvalue weighted by Gasteiger charge is 2.25. The third-order valence-electron chi connectivity index (χ3n) is 2.70. The van der Waals surface area contributed by atoms with E-state index in [-0.39, 0.29) is 0 Å². The van der Waals surface area contributed by atoms with E-state index >= 15 is 0 Å². The fourth-order valence-corrected chi connectivity index (χ4v) is 1.75. The molecule has 0 amide bonds. The van der Waals surface area contributed by atoms with Gasteiger partial charge in [0, 0.05) is 6.54 Å². The van der Waals surface area contributed by atoms with Gasteiger partial charge < -0.3 is 5.32 Å². The quantitative estimate of drug-likeness (QED) is 0.643. The van der Waals surface area contributed by atoms with Crippen LogP contribution in [0.4, 0.5) is 0 Å². The lowest BCUT2D eigenvalue weighted by Crippen LogP contribution is -2.37. The number of nitrogens with one attached hydrogen (secondary N) is 1. The largest absolute Gasteiger partial charge is 0.316 e. The van der Waals surface area contributed by atoms with Crippen LogP contribution >= 0.6 is 0 Å². The molecule has 0 aliphatic carbocycles. The Morgan fingerprint density at radius 2 is 2.31 bits per heavy atom. The number of allylic oxidation sites excluding steroid dienone is 2. The smallest absolute Gasteiger partial charge is 0.00400 e. The van der Waals surface area contributed by atoms with Crippen LogP contribution in [0.3, 0.4) is 0 Å². The summed E-state index contributed by atoms with van der Waals surface area (Å²) in [7, 11) is 0. The van der Waals surface area contributed by atoms with E-state index in [9.17, 15) is 0 Å². The Morgan fingerprint density at radius 1 is 1.62 bits per heavy atom. The van der Waals surface area contributed by atoms with Crippen molar-refractivity contribution >= 4 is 0 Å². The van der Waals surface area contributed by atoms with Crippen LogP contribution < -0.4 is 5.32 Å². The van der Waals surface area contributed by atoms with Crippen molar-refractivity contribution in [2.45, 2.75) is 33.6 Å². The summed E-state index contributed by atoms with van der Waals surface area (Å²) in [5.41, 5.74) is 3.18. The highest BCUT2D eigenvalue weighted by molar-refractivity contribution is 5.18. The number of piperidine rings is 1. The normalized spacial score (nSPS) is 24.7. The molecule has 0 aromatic carbocycles. The van der Waals surface area contributed by atoms with Crippen LogP contribution in [0.25, 0.3) is 0 Å². The van der Waals surface area contributed by atoms with Gasteiger partial charge in [-0.05, 0) is 31.7 Å². The molecule has 1 N–H and O–H groups in total. The van der Waals surface area contributed by atoms with E-state index in [2.05, 4.69) is 38.7 Å². The van der Waals surface area contributed by atoms with Crippen LogP contribution in [0, 0.1) is 5.41 Å². The molecule has 0 atom stereocenters. The first-order valence-electron chi connectivity index (χ1n) is 5.07. The first kappa shape index (κ1) is 10.5. The second-order valence-corrected chi connectivity index (χ2v) is 4.70. The molecule has 0 aromatic heterocycles. The topological polar surface area (TPSA) is 12.0 Å². The minimum atomic E-state index is 0.341. The van der Waals surface area contributed by atoms with Gasteiger partial charge in [0.25, 0.3) is 0 Å². The van der Waals surface area contributed by atoms with Crippen LogP contribution in [0.15, 0.2) is 23.8 Å². The molecule has 0 radical (unpaired) electrons. The van der Waals surface area contributed by atoms with Gasteiger partial charge in [-0.15, -0.1) is 0 Å². The minimum Gasteiger partial charge on any atom is -0.316 e. The fourth-order valence-electron chi connectivity index (χ4n) is 1.75. The fraction of sp³-hybridized carbons (Fsp3) is 0.667. The number of hydrogen-bond donors (Lipinski definition) is 1. The van der Waals surface area contributed by atoms with Gasteiger partial charge in [0.2, 0.25) is 0 Å². The monoisotopic (exact) mass is 179 g/mol. The Kier molecular flexibility index (Phi) is 3.32. The Morgan fingerprint density at radius 3 is 2.85 bits per heavy atom. The maximum absolute atomic E-state index is 3.93. The zero-order chi connectivity index (χ0) is 9.90. The molecule has 0 saturated carbocycles. The Balaban J connectivity index is 2.64. The van der Waals surface area contributed by atoms with Crippen molar-refractivity contribution in [3.63, 3.8) is 0 Å². The van der Waals surface area contributed by atoms with Gasteiger partial charge in [-0.2, -0.15) is 0 Å². The molecule has 0 spiro atoms. The van der Waals surface area contributed by atoms with Crippen molar-refractivity contribution in [3.8, 4) is 0 Å². The summed E-state index contributed by atoms with van der Waals surface area (Å²) in [5, 5.41) is 3.43. The van der Waals surface area contributed by atoms with E-state index < -0.39 is 0 Å². The lowest BCUT2D eigenvalue weighted by atomic mass is 9.79. The lowest BCUT2D eigenvalue weighted by Gasteiger charge is -2.33. The highest BCUT2D eigenvalue weighted by atomic mass is 14.9. The van der Waals surface area contributed by atoms with Crippen molar-refractivity contribution in [2.75, 3.05) is 13.1 Å². The van der Waals surface area contributed by atoms with E-state index in [0.29, 0.717) is 5.41 Å². The van der Waals surface area contributed by atoms with Gasteiger partial charge in [-0.1, -0.05) is 37.6 Å². The summed E-state index contributed by atoms with van der Waals surface area (Å²) < 4.78 is 0. The molecule has 1 fully saturated rings. The lowest BCUT2D eigenvalue weighted by molar-refractivity contribution is 0.356. The van der Waals surface area contributed by atoms with Crippen LogP contribution in [0.5, 0.6) is 0 Å². The molecule has 13 heavy (non-hydrogen) atoms. The maximum atomic E-state index is 3.93. The zero-order valence-corrected chi connectivity index (χ0v) is 9.11. The molecule has 1 rings (SSSR count). The average Bonchev–Trinajstić information content (AvgIpc) is 2.01. The van der Waals surface area contributed by atoms with E-state index in [1.165, 1.54) is 12.0 Å². The van der Waals surface area contributed by atoms with Gasteiger partial charge >= 0.3 is 0 Å². The molecule has 0 aromatic rings. The molecule has 1 aliphatic heterocycles. The Hall–Kier alpha value is -0.560. The summed E-state index contributed by atoms with van der Waals surface area (Å²) in [4.78, 5) is 0. The van der Waals surface area contributed by atoms with Crippen LogP contribution in [-0.2, 0) is 0 Å². The van der Waals surface area contributed by atoms with Gasteiger partial charge in [-0.25, -0.2) is 0 Å². The molecule has 1 saturated heterocycles. The third-order valence-corrected chi connectivity index (χ3v) is 2.70. The van der Waals surface area contributed by atoms with Crippen molar-refractivity contribution in [2.24, 2.45) is 5.41 Å². The van der Waals surface area contributed by atoms with Crippen molar-refractivity contribution in [3.05, 3.63) is 23.8 Å². The summed E-state index contributed by atoms with van der Waals surface area (Å²) in [6.07, 6.45) is 4.60. The summed E-state index contributed by atoms with van der Waals surface area (Å²) in [6.45, 7) is 12.9. The molecule has 1 heteroatoms. The van der Waals surface area contributed by atoms with E-state index in [1.807, 2.05) is 0 Å². The molecule has 1 heterocycles. The molecule has 0 unspecified atom stereocenters. The first-order chi connectivity index (χ1) is 6.02. The van der Waals surface area contributed by atoms with Crippen molar-refractivity contribution < 1.29 is 0 Å². The minimum absolute atomic E-state index is 0.341. The molecule has 74 valence electrons. The second-order valence-electron chi connectivity index (χ2n) is 4.70. The maximum Gasteiger partial charge on any atom is 0.00400 e. The van der Waals surface area contributed by atoms with Crippen molar-refractivity contribution in [1.29, 1.82) is 0 Å². The van der Waals surface area contributed by atoms with Crippen molar-refractivity contribution in [1.82, 2.24) is 5.32 Å². The first-order valence-corrected chi connectivity index (χ1v) is 5.07. The molecule has 1 nitrogen and oxygen atoms in total.